The Morgan fingerprint density at radius 1 is 1.32 bits per heavy atom. The third-order valence-corrected chi connectivity index (χ3v) is 4.63. The molecule has 0 spiro atoms. The molecule has 1 aliphatic heterocycles. The van der Waals surface area contributed by atoms with Crippen molar-refractivity contribution in [3.8, 4) is 0 Å². The van der Waals surface area contributed by atoms with Crippen LogP contribution in [0.1, 0.15) is 31.2 Å². The van der Waals surface area contributed by atoms with E-state index in [9.17, 15) is 4.79 Å². The molecule has 124 valence electrons. The monoisotopic (exact) mass is 364 g/mol. The maximum absolute atomic E-state index is 11.8. The van der Waals surface area contributed by atoms with Crippen LogP contribution in [0.25, 0.3) is 0 Å². The first-order chi connectivity index (χ1) is 10.1. The first-order valence-corrected chi connectivity index (χ1v) is 8.32. The summed E-state index contributed by atoms with van der Waals surface area (Å²) in [5.41, 5.74) is 1.12. The lowest BCUT2D eigenvalue weighted by Gasteiger charge is -2.09. The molecular weight excluding hydrogens is 343 g/mol. The number of benzene rings is 1. The predicted octanol–water partition coefficient (Wildman–Crippen LogP) is 3.85. The maximum Gasteiger partial charge on any atom is 0.220 e. The molecule has 0 radical (unpaired) electrons. The fraction of sp³-hybridized carbons (Fsp3) is 0.562. The Hall–Kier alpha value is -0.480. The zero-order valence-corrected chi connectivity index (χ0v) is 14.9. The van der Waals surface area contributed by atoms with Gasteiger partial charge in [0.25, 0.3) is 0 Å². The highest BCUT2D eigenvalue weighted by Gasteiger charge is 2.13. The van der Waals surface area contributed by atoms with E-state index in [1.807, 2.05) is 12.1 Å². The average molecular weight is 366 g/mol. The summed E-state index contributed by atoms with van der Waals surface area (Å²) < 4.78 is 0. The molecule has 1 atom stereocenters. The summed E-state index contributed by atoms with van der Waals surface area (Å²) in [4.78, 5) is 11.8. The van der Waals surface area contributed by atoms with Crippen LogP contribution < -0.4 is 10.6 Å². The summed E-state index contributed by atoms with van der Waals surface area (Å²) in [6, 6.07) is 5.63. The number of halogens is 3. The van der Waals surface area contributed by atoms with Gasteiger partial charge >= 0.3 is 0 Å². The molecule has 0 bridgehead atoms. The van der Waals surface area contributed by atoms with Crippen LogP contribution in [0.4, 0.5) is 0 Å². The lowest BCUT2D eigenvalue weighted by molar-refractivity contribution is -0.121. The van der Waals surface area contributed by atoms with Crippen LogP contribution >= 0.6 is 35.6 Å². The van der Waals surface area contributed by atoms with Crippen molar-refractivity contribution in [2.24, 2.45) is 5.92 Å². The van der Waals surface area contributed by atoms with Crippen LogP contribution in [0.15, 0.2) is 18.2 Å². The molecule has 1 aliphatic rings. The summed E-state index contributed by atoms with van der Waals surface area (Å²) in [6.45, 7) is 2.99. The van der Waals surface area contributed by atoms with Gasteiger partial charge in [0.15, 0.2) is 0 Å². The summed E-state index contributed by atoms with van der Waals surface area (Å²) in [7, 11) is 0. The van der Waals surface area contributed by atoms with Gasteiger partial charge in [-0.1, -0.05) is 29.3 Å². The molecule has 1 unspecified atom stereocenters. The van der Waals surface area contributed by atoms with Gasteiger partial charge < -0.3 is 10.6 Å². The first kappa shape index (κ1) is 19.6. The van der Waals surface area contributed by atoms with Gasteiger partial charge in [0.05, 0.1) is 10.0 Å². The molecule has 1 fully saturated rings. The second-order valence-electron chi connectivity index (χ2n) is 5.60. The summed E-state index contributed by atoms with van der Waals surface area (Å²) >= 11 is 11.8. The van der Waals surface area contributed by atoms with E-state index < -0.39 is 0 Å². The van der Waals surface area contributed by atoms with Gasteiger partial charge in [-0.15, -0.1) is 12.4 Å². The average Bonchev–Trinajstić information content (AvgIpc) is 2.96. The number of rotatable bonds is 7. The number of hydrogen-bond acceptors (Lipinski definition) is 2. The van der Waals surface area contributed by atoms with Gasteiger partial charge in [-0.2, -0.15) is 0 Å². The molecule has 1 heterocycles. The highest BCUT2D eigenvalue weighted by atomic mass is 35.5. The van der Waals surface area contributed by atoms with Crippen molar-refractivity contribution < 1.29 is 4.79 Å². The Morgan fingerprint density at radius 2 is 2.14 bits per heavy atom. The third kappa shape index (κ3) is 6.74. The number of carbonyl (C=O) groups excluding carboxylic acids is 1. The Balaban J connectivity index is 0.00000242. The van der Waals surface area contributed by atoms with E-state index in [2.05, 4.69) is 10.6 Å². The van der Waals surface area contributed by atoms with Crippen molar-refractivity contribution in [3.05, 3.63) is 33.8 Å². The standard InChI is InChI=1S/C16H22Cl2N2O.ClH/c17-14-5-4-12(10-15(14)18)2-1-3-16(21)20-9-7-13-6-8-19-11-13;/h4-5,10,13,19H,1-3,6-9,11H2,(H,20,21);1H. The Morgan fingerprint density at radius 3 is 2.82 bits per heavy atom. The molecule has 2 rings (SSSR count). The minimum atomic E-state index is 0. The normalized spacial score (nSPS) is 17.1. The highest BCUT2D eigenvalue weighted by Crippen LogP contribution is 2.23. The van der Waals surface area contributed by atoms with Gasteiger partial charge in [0.2, 0.25) is 5.91 Å². The van der Waals surface area contributed by atoms with Crippen molar-refractivity contribution in [1.82, 2.24) is 10.6 Å². The smallest absolute Gasteiger partial charge is 0.220 e. The van der Waals surface area contributed by atoms with Crippen molar-refractivity contribution >= 4 is 41.5 Å². The van der Waals surface area contributed by atoms with Gasteiger partial charge in [-0.25, -0.2) is 0 Å². The molecule has 0 aromatic heterocycles. The Labute approximate surface area is 148 Å². The molecule has 0 aliphatic carbocycles. The maximum atomic E-state index is 11.8. The van der Waals surface area contributed by atoms with E-state index in [-0.39, 0.29) is 18.3 Å². The Kier molecular flexibility index (Phi) is 9.18. The third-order valence-electron chi connectivity index (χ3n) is 3.89. The van der Waals surface area contributed by atoms with Crippen LogP contribution in [0.3, 0.4) is 0 Å². The van der Waals surface area contributed by atoms with E-state index >= 15 is 0 Å². The fourth-order valence-electron chi connectivity index (χ4n) is 2.61. The molecule has 1 saturated heterocycles. The number of carbonyl (C=O) groups is 1. The van der Waals surface area contributed by atoms with Crippen LogP contribution in [0.2, 0.25) is 10.0 Å². The summed E-state index contributed by atoms with van der Waals surface area (Å²) in [5.74, 6) is 0.863. The summed E-state index contributed by atoms with van der Waals surface area (Å²) in [6.07, 6.45) is 4.54. The van der Waals surface area contributed by atoms with E-state index in [0.717, 1.165) is 50.4 Å². The summed E-state index contributed by atoms with van der Waals surface area (Å²) in [5, 5.41) is 7.48. The fourth-order valence-corrected chi connectivity index (χ4v) is 2.93. The quantitative estimate of drug-likeness (QED) is 0.770. The predicted molar refractivity (Wildman–Crippen MR) is 95.3 cm³/mol. The van der Waals surface area contributed by atoms with Crippen LogP contribution in [0, 0.1) is 5.92 Å². The van der Waals surface area contributed by atoms with E-state index in [4.69, 9.17) is 23.2 Å². The number of amides is 1. The number of nitrogens with one attached hydrogen (secondary N) is 2. The second kappa shape index (κ2) is 10.3. The van der Waals surface area contributed by atoms with E-state index in [1.165, 1.54) is 6.42 Å². The van der Waals surface area contributed by atoms with Crippen LogP contribution in [0.5, 0.6) is 0 Å². The Bertz CT molecular complexity index is 476. The largest absolute Gasteiger partial charge is 0.356 e. The molecule has 1 amide bonds. The molecule has 22 heavy (non-hydrogen) atoms. The first-order valence-electron chi connectivity index (χ1n) is 7.56. The van der Waals surface area contributed by atoms with Crippen molar-refractivity contribution in [2.75, 3.05) is 19.6 Å². The second-order valence-corrected chi connectivity index (χ2v) is 6.41. The van der Waals surface area contributed by atoms with Gasteiger partial charge in [0.1, 0.15) is 0 Å². The lowest BCUT2D eigenvalue weighted by atomic mass is 10.1. The van der Waals surface area contributed by atoms with Gasteiger partial charge in [0, 0.05) is 13.0 Å². The molecule has 0 saturated carbocycles. The molecule has 6 heteroatoms. The molecule has 2 N–H and O–H groups in total. The van der Waals surface area contributed by atoms with E-state index in [0.29, 0.717) is 16.5 Å². The SMILES string of the molecule is Cl.O=C(CCCc1ccc(Cl)c(Cl)c1)NCCC1CCNC1. The zero-order valence-electron chi connectivity index (χ0n) is 12.5. The zero-order chi connectivity index (χ0) is 15.1. The molecule has 1 aromatic rings. The number of aryl methyl sites for hydroxylation is 1. The molecule has 3 nitrogen and oxygen atoms in total. The lowest BCUT2D eigenvalue weighted by Crippen LogP contribution is -2.26. The van der Waals surface area contributed by atoms with Crippen molar-refractivity contribution in [1.29, 1.82) is 0 Å². The minimum absolute atomic E-state index is 0. The topological polar surface area (TPSA) is 41.1 Å². The van der Waals surface area contributed by atoms with Gasteiger partial charge in [-0.05, 0) is 62.4 Å². The number of hydrogen-bond donors (Lipinski definition) is 2. The minimum Gasteiger partial charge on any atom is -0.356 e. The molecule has 1 aromatic carbocycles. The van der Waals surface area contributed by atoms with Crippen molar-refractivity contribution in [3.63, 3.8) is 0 Å². The molecular formula is C16H23Cl3N2O. The van der Waals surface area contributed by atoms with Crippen LogP contribution in [-0.4, -0.2) is 25.5 Å². The van der Waals surface area contributed by atoms with E-state index in [1.54, 1.807) is 6.07 Å². The van der Waals surface area contributed by atoms with Crippen molar-refractivity contribution in [2.45, 2.75) is 32.1 Å². The van der Waals surface area contributed by atoms with Crippen LogP contribution in [-0.2, 0) is 11.2 Å². The highest BCUT2D eigenvalue weighted by molar-refractivity contribution is 6.42. The van der Waals surface area contributed by atoms with Gasteiger partial charge in [-0.3, -0.25) is 4.79 Å².